The van der Waals surface area contributed by atoms with E-state index in [1.807, 2.05) is 31.2 Å². The summed E-state index contributed by atoms with van der Waals surface area (Å²) in [5.74, 6) is 0.156. The van der Waals surface area contributed by atoms with Gasteiger partial charge in [0.2, 0.25) is 11.8 Å². The number of hydrogen-bond donors (Lipinski definition) is 3. The number of anilines is 1. The lowest BCUT2D eigenvalue weighted by Gasteiger charge is -2.10. The van der Waals surface area contributed by atoms with Crippen LogP contribution in [0.15, 0.2) is 24.3 Å². The smallest absolute Gasteiger partial charge is 0.237 e. The Morgan fingerprint density at radius 3 is 2.50 bits per heavy atom. The van der Waals surface area contributed by atoms with Crippen molar-refractivity contribution in [2.45, 2.75) is 38.8 Å². The Morgan fingerprint density at radius 2 is 1.95 bits per heavy atom. The van der Waals surface area contributed by atoms with Gasteiger partial charge in [-0.05, 0) is 37.0 Å². The van der Waals surface area contributed by atoms with Gasteiger partial charge in [0.15, 0.2) is 0 Å². The van der Waals surface area contributed by atoms with E-state index in [1.54, 1.807) is 0 Å². The van der Waals surface area contributed by atoms with Crippen LogP contribution in [0.4, 0.5) is 5.69 Å². The van der Waals surface area contributed by atoms with Crippen molar-refractivity contribution in [1.29, 1.82) is 0 Å². The fraction of sp³-hybridized carbons (Fsp3) is 0.467. The average Bonchev–Trinajstić information content (AvgIpc) is 3.30. The molecule has 0 saturated heterocycles. The molecule has 4 N–H and O–H groups in total. The third kappa shape index (κ3) is 4.06. The summed E-state index contributed by atoms with van der Waals surface area (Å²) in [6.07, 6.45) is 2.61. The van der Waals surface area contributed by atoms with Crippen LogP contribution in [-0.4, -0.2) is 17.9 Å². The maximum Gasteiger partial charge on any atom is 0.237 e. The number of amides is 2. The maximum absolute atomic E-state index is 11.6. The molecule has 1 fully saturated rings. The molecule has 0 radical (unpaired) electrons. The monoisotopic (exact) mass is 275 g/mol. The molecule has 1 aromatic carbocycles. The summed E-state index contributed by atoms with van der Waals surface area (Å²) < 4.78 is 0. The number of nitrogens with two attached hydrogens (primary N) is 1. The lowest BCUT2D eigenvalue weighted by Crippen LogP contribution is -2.39. The third-order valence-electron chi connectivity index (χ3n) is 3.41. The molecule has 1 aromatic rings. The van der Waals surface area contributed by atoms with E-state index >= 15 is 0 Å². The Morgan fingerprint density at radius 1 is 1.30 bits per heavy atom. The van der Waals surface area contributed by atoms with Crippen molar-refractivity contribution in [1.82, 2.24) is 5.32 Å². The number of nitrogens with one attached hydrogen (secondary N) is 2. The van der Waals surface area contributed by atoms with Gasteiger partial charge in [-0.3, -0.25) is 9.59 Å². The van der Waals surface area contributed by atoms with E-state index in [0.717, 1.165) is 24.1 Å². The molecule has 2 rings (SSSR count). The summed E-state index contributed by atoms with van der Waals surface area (Å²) in [4.78, 5) is 23.1. The fourth-order valence-electron chi connectivity index (χ4n) is 1.80. The summed E-state index contributed by atoms with van der Waals surface area (Å²) in [6.45, 7) is 2.32. The molecule has 1 aliphatic rings. The van der Waals surface area contributed by atoms with Gasteiger partial charge < -0.3 is 16.4 Å². The van der Waals surface area contributed by atoms with Gasteiger partial charge in [-0.25, -0.2) is 0 Å². The molecule has 2 amide bonds. The lowest BCUT2D eigenvalue weighted by molar-refractivity contribution is -0.122. The number of rotatable bonds is 6. The molecule has 5 nitrogen and oxygen atoms in total. The van der Waals surface area contributed by atoms with Crippen LogP contribution < -0.4 is 16.4 Å². The maximum atomic E-state index is 11.6. The van der Waals surface area contributed by atoms with Crippen LogP contribution in [0.1, 0.15) is 31.7 Å². The molecular formula is C15H21N3O2. The fourth-order valence-corrected chi connectivity index (χ4v) is 1.80. The van der Waals surface area contributed by atoms with Crippen LogP contribution in [0.5, 0.6) is 0 Å². The van der Waals surface area contributed by atoms with E-state index in [0.29, 0.717) is 13.0 Å². The molecule has 108 valence electrons. The Hall–Kier alpha value is -1.88. The third-order valence-corrected chi connectivity index (χ3v) is 3.41. The van der Waals surface area contributed by atoms with Crippen molar-refractivity contribution in [3.05, 3.63) is 29.8 Å². The summed E-state index contributed by atoms with van der Waals surface area (Å²) in [6, 6.07) is 7.02. The summed E-state index contributed by atoms with van der Waals surface area (Å²) >= 11 is 0. The topological polar surface area (TPSA) is 84.2 Å². The Balaban J connectivity index is 1.81. The largest absolute Gasteiger partial charge is 0.351 e. The predicted octanol–water partition coefficient (Wildman–Crippen LogP) is 1.39. The van der Waals surface area contributed by atoms with Gasteiger partial charge >= 0.3 is 0 Å². The summed E-state index contributed by atoms with van der Waals surface area (Å²) in [5.41, 5.74) is 7.41. The molecule has 0 unspecified atom stereocenters. The van der Waals surface area contributed by atoms with E-state index in [4.69, 9.17) is 5.73 Å². The van der Waals surface area contributed by atoms with Crippen LogP contribution in [0.25, 0.3) is 0 Å². The summed E-state index contributed by atoms with van der Waals surface area (Å²) in [5, 5.41) is 5.66. The highest BCUT2D eigenvalue weighted by atomic mass is 16.2. The molecule has 1 aliphatic carbocycles. The van der Waals surface area contributed by atoms with Crippen LogP contribution >= 0.6 is 0 Å². The molecule has 0 bridgehead atoms. The van der Waals surface area contributed by atoms with Gasteiger partial charge in [-0.2, -0.15) is 0 Å². The van der Waals surface area contributed by atoms with Crippen molar-refractivity contribution < 1.29 is 9.59 Å². The number of hydrogen-bond acceptors (Lipinski definition) is 3. The zero-order valence-electron chi connectivity index (χ0n) is 11.7. The van der Waals surface area contributed by atoms with Crippen LogP contribution in [0, 0.1) is 5.92 Å². The molecule has 0 heterocycles. The minimum atomic E-state index is -0.452. The van der Waals surface area contributed by atoms with Gasteiger partial charge in [0.05, 0.1) is 6.04 Å². The quantitative estimate of drug-likeness (QED) is 0.733. The average molecular weight is 275 g/mol. The molecule has 20 heavy (non-hydrogen) atoms. The van der Waals surface area contributed by atoms with E-state index in [-0.39, 0.29) is 17.7 Å². The SMILES string of the molecule is CC[C@H](N)C(=O)NCc1ccc(NC(=O)C2CC2)cc1. The first-order valence-electron chi connectivity index (χ1n) is 7.03. The van der Waals surface area contributed by atoms with Crippen molar-refractivity contribution >= 4 is 17.5 Å². The van der Waals surface area contributed by atoms with Crippen molar-refractivity contribution in [2.24, 2.45) is 11.7 Å². The first-order valence-corrected chi connectivity index (χ1v) is 7.03. The van der Waals surface area contributed by atoms with Crippen molar-refractivity contribution in [3.8, 4) is 0 Å². The number of benzene rings is 1. The van der Waals surface area contributed by atoms with Gasteiger partial charge in [-0.15, -0.1) is 0 Å². The number of carbonyl (C=O) groups is 2. The van der Waals surface area contributed by atoms with E-state index in [9.17, 15) is 9.59 Å². The minimum absolute atomic E-state index is 0.0972. The molecule has 0 spiro atoms. The van der Waals surface area contributed by atoms with Crippen LogP contribution in [0.2, 0.25) is 0 Å². The minimum Gasteiger partial charge on any atom is -0.351 e. The molecule has 5 heteroatoms. The second-order valence-electron chi connectivity index (χ2n) is 5.19. The normalized spacial score (nSPS) is 15.5. The zero-order chi connectivity index (χ0) is 14.5. The first-order chi connectivity index (χ1) is 9.60. The molecule has 1 atom stereocenters. The number of carbonyl (C=O) groups excluding carboxylic acids is 2. The van der Waals surface area contributed by atoms with Crippen LogP contribution in [0.3, 0.4) is 0 Å². The van der Waals surface area contributed by atoms with E-state index in [2.05, 4.69) is 10.6 Å². The zero-order valence-corrected chi connectivity index (χ0v) is 11.7. The predicted molar refractivity (Wildman–Crippen MR) is 77.9 cm³/mol. The molecule has 1 saturated carbocycles. The van der Waals surface area contributed by atoms with Gasteiger partial charge in [0, 0.05) is 18.2 Å². The standard InChI is InChI=1S/C15H21N3O2/c1-2-13(16)15(20)17-9-10-3-7-12(8-4-10)18-14(19)11-5-6-11/h3-4,7-8,11,13H,2,5-6,9,16H2,1H3,(H,17,20)(H,18,19)/t13-/m0/s1. The highest BCUT2D eigenvalue weighted by Crippen LogP contribution is 2.30. The van der Waals surface area contributed by atoms with E-state index in [1.165, 1.54) is 0 Å². The summed E-state index contributed by atoms with van der Waals surface area (Å²) in [7, 11) is 0. The second-order valence-corrected chi connectivity index (χ2v) is 5.19. The van der Waals surface area contributed by atoms with Crippen LogP contribution in [-0.2, 0) is 16.1 Å². The molecular weight excluding hydrogens is 254 g/mol. The highest BCUT2D eigenvalue weighted by Gasteiger charge is 2.29. The van der Waals surface area contributed by atoms with Crippen molar-refractivity contribution in [3.63, 3.8) is 0 Å². The highest BCUT2D eigenvalue weighted by molar-refractivity contribution is 5.94. The van der Waals surface area contributed by atoms with E-state index < -0.39 is 6.04 Å². The second kappa shape index (κ2) is 6.52. The Labute approximate surface area is 118 Å². The Kier molecular flexibility index (Phi) is 4.74. The molecule has 0 aliphatic heterocycles. The van der Waals surface area contributed by atoms with Gasteiger partial charge in [0.1, 0.15) is 0 Å². The Bertz CT molecular complexity index is 480. The lowest BCUT2D eigenvalue weighted by atomic mass is 10.2. The first kappa shape index (κ1) is 14.5. The molecule has 0 aromatic heterocycles. The van der Waals surface area contributed by atoms with Crippen molar-refractivity contribution in [2.75, 3.05) is 5.32 Å². The van der Waals surface area contributed by atoms with Gasteiger partial charge in [-0.1, -0.05) is 19.1 Å². The van der Waals surface area contributed by atoms with Gasteiger partial charge in [0.25, 0.3) is 0 Å².